The molecule has 1 aromatic heterocycles. The molecule has 2 heterocycles. The number of nitrogens with zero attached hydrogens (tertiary/aromatic N) is 2. The maximum atomic E-state index is 9.25. The third-order valence-electron chi connectivity index (χ3n) is 2.40. The van der Waals surface area contributed by atoms with E-state index in [-0.39, 0.29) is 0 Å². The van der Waals surface area contributed by atoms with Gasteiger partial charge in [0.25, 0.3) is 0 Å². The Bertz CT molecular complexity index is 295. The minimum atomic E-state index is -0.634. The largest absolute Gasteiger partial charge is 0.385 e. The van der Waals surface area contributed by atoms with Gasteiger partial charge in [0, 0.05) is 5.92 Å². The summed E-state index contributed by atoms with van der Waals surface area (Å²) in [7, 11) is 0. The first-order valence-electron chi connectivity index (χ1n) is 4.86. The summed E-state index contributed by atoms with van der Waals surface area (Å²) in [6, 6.07) is 0. The van der Waals surface area contributed by atoms with E-state index in [1.165, 1.54) is 0 Å². The highest BCUT2D eigenvalue weighted by Gasteiger charge is 2.22. The van der Waals surface area contributed by atoms with Crippen LogP contribution in [0.3, 0.4) is 0 Å². The highest BCUT2D eigenvalue weighted by molar-refractivity contribution is 7.99. The lowest BCUT2D eigenvalue weighted by atomic mass is 10.0. The van der Waals surface area contributed by atoms with Crippen LogP contribution in [0, 0.1) is 0 Å². The van der Waals surface area contributed by atoms with Crippen LogP contribution in [0.2, 0.25) is 0 Å². The summed E-state index contributed by atoms with van der Waals surface area (Å²) in [5.41, 5.74) is 0. The molecule has 0 radical (unpaired) electrons. The number of hydrogen-bond donors (Lipinski definition) is 1. The summed E-state index contributed by atoms with van der Waals surface area (Å²) in [4.78, 5) is 4.20. The molecule has 78 valence electrons. The molecule has 4 nitrogen and oxygen atoms in total. The first kappa shape index (κ1) is 9.98. The molecule has 1 aliphatic heterocycles. The molecule has 0 bridgehead atoms. The molecular weight excluding hydrogens is 200 g/mol. The summed E-state index contributed by atoms with van der Waals surface area (Å²) in [5.74, 6) is 3.82. The quantitative estimate of drug-likeness (QED) is 0.812. The van der Waals surface area contributed by atoms with E-state index >= 15 is 0 Å². The predicted molar refractivity (Wildman–Crippen MR) is 54.2 cm³/mol. The van der Waals surface area contributed by atoms with Crippen molar-refractivity contribution in [1.29, 1.82) is 0 Å². The van der Waals surface area contributed by atoms with Crippen LogP contribution in [0.1, 0.15) is 43.5 Å². The second-order valence-corrected chi connectivity index (χ2v) is 4.78. The smallest absolute Gasteiger partial charge is 0.229 e. The average Bonchev–Trinajstić information content (AvgIpc) is 2.68. The minimum Gasteiger partial charge on any atom is -0.385 e. The van der Waals surface area contributed by atoms with Gasteiger partial charge in [0.15, 0.2) is 5.82 Å². The van der Waals surface area contributed by atoms with E-state index in [1.54, 1.807) is 6.92 Å². The number of aromatic nitrogens is 2. The highest BCUT2D eigenvalue weighted by Crippen LogP contribution is 2.30. The molecule has 1 aliphatic rings. The van der Waals surface area contributed by atoms with Crippen molar-refractivity contribution in [3.8, 4) is 0 Å². The number of rotatable bonds is 2. The van der Waals surface area contributed by atoms with Gasteiger partial charge in [0.05, 0.1) is 0 Å². The van der Waals surface area contributed by atoms with Gasteiger partial charge in [-0.25, -0.2) is 0 Å². The van der Waals surface area contributed by atoms with Crippen LogP contribution in [-0.4, -0.2) is 26.8 Å². The Morgan fingerprint density at radius 1 is 1.50 bits per heavy atom. The molecule has 0 aliphatic carbocycles. The molecule has 1 unspecified atom stereocenters. The summed E-state index contributed by atoms with van der Waals surface area (Å²) in [6.07, 6.45) is 1.57. The molecule has 1 saturated heterocycles. The highest BCUT2D eigenvalue weighted by atomic mass is 32.2. The maximum absolute atomic E-state index is 9.25. The average molecular weight is 214 g/mol. The number of aliphatic hydroxyl groups excluding tert-OH is 1. The summed E-state index contributed by atoms with van der Waals surface area (Å²) >= 11 is 1.97. The van der Waals surface area contributed by atoms with Crippen LogP contribution >= 0.6 is 11.8 Å². The topological polar surface area (TPSA) is 59.2 Å². The van der Waals surface area contributed by atoms with Crippen molar-refractivity contribution in [2.75, 3.05) is 11.5 Å². The van der Waals surface area contributed by atoms with Crippen molar-refractivity contribution in [1.82, 2.24) is 10.1 Å². The zero-order valence-electron chi connectivity index (χ0n) is 8.14. The molecule has 1 fully saturated rings. The lowest BCUT2D eigenvalue weighted by Crippen LogP contribution is -2.08. The van der Waals surface area contributed by atoms with Crippen LogP contribution < -0.4 is 0 Å². The van der Waals surface area contributed by atoms with E-state index in [9.17, 15) is 5.11 Å². The van der Waals surface area contributed by atoms with E-state index < -0.39 is 6.10 Å². The molecule has 5 heteroatoms. The molecule has 0 spiro atoms. The number of aliphatic hydroxyl groups is 1. The van der Waals surface area contributed by atoms with Crippen LogP contribution in [0.15, 0.2) is 4.52 Å². The van der Waals surface area contributed by atoms with E-state index in [0.29, 0.717) is 17.6 Å². The Balaban J connectivity index is 2.07. The normalized spacial score (nSPS) is 21.0. The lowest BCUT2D eigenvalue weighted by molar-refractivity contribution is 0.184. The van der Waals surface area contributed by atoms with E-state index in [2.05, 4.69) is 10.1 Å². The van der Waals surface area contributed by atoms with Crippen molar-refractivity contribution in [3.05, 3.63) is 11.7 Å². The van der Waals surface area contributed by atoms with Crippen molar-refractivity contribution in [2.24, 2.45) is 0 Å². The van der Waals surface area contributed by atoms with E-state index in [0.717, 1.165) is 24.3 Å². The fourth-order valence-electron chi connectivity index (χ4n) is 1.53. The van der Waals surface area contributed by atoms with Crippen LogP contribution in [0.25, 0.3) is 0 Å². The van der Waals surface area contributed by atoms with E-state index in [1.807, 2.05) is 11.8 Å². The molecule has 1 aromatic rings. The van der Waals surface area contributed by atoms with Gasteiger partial charge in [0.2, 0.25) is 5.89 Å². The summed E-state index contributed by atoms with van der Waals surface area (Å²) in [6.45, 7) is 1.64. The zero-order valence-corrected chi connectivity index (χ0v) is 8.96. The predicted octanol–water partition coefficient (Wildman–Crippen LogP) is 1.73. The summed E-state index contributed by atoms with van der Waals surface area (Å²) < 4.78 is 5.14. The molecule has 2 rings (SSSR count). The monoisotopic (exact) mass is 214 g/mol. The van der Waals surface area contributed by atoms with Crippen molar-refractivity contribution in [2.45, 2.75) is 31.8 Å². The zero-order chi connectivity index (χ0) is 9.97. The Hall–Kier alpha value is -0.550. The Morgan fingerprint density at radius 3 is 2.79 bits per heavy atom. The fraction of sp³-hybridized carbons (Fsp3) is 0.778. The Kier molecular flexibility index (Phi) is 3.08. The van der Waals surface area contributed by atoms with Gasteiger partial charge >= 0.3 is 0 Å². The van der Waals surface area contributed by atoms with Crippen molar-refractivity contribution >= 4 is 11.8 Å². The SMILES string of the molecule is CC(O)c1noc(C2CCSCC2)n1. The fourth-order valence-corrected chi connectivity index (χ4v) is 2.63. The van der Waals surface area contributed by atoms with Gasteiger partial charge in [-0.05, 0) is 31.3 Å². The minimum absolute atomic E-state index is 0.399. The number of hydrogen-bond acceptors (Lipinski definition) is 5. The van der Waals surface area contributed by atoms with Gasteiger partial charge < -0.3 is 9.63 Å². The van der Waals surface area contributed by atoms with Crippen LogP contribution in [0.4, 0.5) is 0 Å². The van der Waals surface area contributed by atoms with Crippen LogP contribution in [0.5, 0.6) is 0 Å². The second kappa shape index (κ2) is 4.31. The molecule has 1 atom stereocenters. The summed E-state index contributed by atoms with van der Waals surface area (Å²) in [5, 5.41) is 13.0. The van der Waals surface area contributed by atoms with E-state index in [4.69, 9.17) is 4.52 Å². The first-order chi connectivity index (χ1) is 6.77. The van der Waals surface area contributed by atoms with Gasteiger partial charge in [-0.3, -0.25) is 0 Å². The molecule has 1 N–H and O–H groups in total. The van der Waals surface area contributed by atoms with Gasteiger partial charge in [-0.15, -0.1) is 0 Å². The van der Waals surface area contributed by atoms with Crippen molar-refractivity contribution < 1.29 is 9.63 Å². The molecule has 0 saturated carbocycles. The van der Waals surface area contributed by atoms with Gasteiger partial charge in [0.1, 0.15) is 6.10 Å². The third kappa shape index (κ3) is 2.09. The standard InChI is InChI=1S/C9H14N2O2S/c1-6(12)8-10-9(13-11-8)7-2-4-14-5-3-7/h6-7,12H,2-5H2,1H3. The second-order valence-electron chi connectivity index (χ2n) is 3.55. The first-order valence-corrected chi connectivity index (χ1v) is 6.02. The lowest BCUT2D eigenvalue weighted by Gasteiger charge is -2.16. The van der Waals surface area contributed by atoms with Crippen molar-refractivity contribution in [3.63, 3.8) is 0 Å². The third-order valence-corrected chi connectivity index (χ3v) is 3.45. The Morgan fingerprint density at radius 2 is 2.21 bits per heavy atom. The van der Waals surface area contributed by atoms with Gasteiger partial charge in [-0.2, -0.15) is 16.7 Å². The Labute approximate surface area is 87.1 Å². The molecule has 0 amide bonds. The molecule has 0 aromatic carbocycles. The number of thioether (sulfide) groups is 1. The maximum Gasteiger partial charge on any atom is 0.229 e. The molecular formula is C9H14N2O2S. The van der Waals surface area contributed by atoms with Crippen LogP contribution in [-0.2, 0) is 0 Å². The molecule has 14 heavy (non-hydrogen) atoms. The van der Waals surface area contributed by atoms with Gasteiger partial charge in [-0.1, -0.05) is 5.16 Å².